The molecule has 2 rings (SSSR count). The molecule has 1 aromatic carbocycles. The van der Waals surface area contributed by atoms with E-state index < -0.39 is 0 Å². The van der Waals surface area contributed by atoms with Gasteiger partial charge in [0.2, 0.25) is 5.76 Å². The second kappa shape index (κ2) is 3.33. The molecule has 0 fully saturated rings. The van der Waals surface area contributed by atoms with Gasteiger partial charge in [0.15, 0.2) is 0 Å². The number of aliphatic hydroxyl groups is 1. The summed E-state index contributed by atoms with van der Waals surface area (Å²) in [5.41, 5.74) is 1.11. The zero-order valence-corrected chi connectivity index (χ0v) is 7.88. The largest absolute Gasteiger partial charge is 0.445 e. The lowest BCUT2D eigenvalue weighted by atomic mass is 10.1. The van der Waals surface area contributed by atoms with Crippen molar-refractivity contribution < 1.29 is 9.52 Å². The van der Waals surface area contributed by atoms with E-state index in [-0.39, 0.29) is 12.4 Å². The van der Waals surface area contributed by atoms with Crippen molar-refractivity contribution >= 4 is 22.6 Å². The predicted molar refractivity (Wildman–Crippen MR) is 51.9 cm³/mol. The number of furan rings is 1. The SMILES string of the molecule is N#Cc1cc2cc(Cl)cc(CO)c2o1. The van der Waals surface area contributed by atoms with Crippen LogP contribution < -0.4 is 0 Å². The maximum absolute atomic E-state index is 9.04. The van der Waals surface area contributed by atoms with E-state index in [0.29, 0.717) is 16.2 Å². The molecule has 1 heterocycles. The molecule has 3 nitrogen and oxygen atoms in total. The second-order valence-electron chi connectivity index (χ2n) is 2.86. The Labute approximate surface area is 85.1 Å². The van der Waals surface area contributed by atoms with Crippen molar-refractivity contribution in [2.45, 2.75) is 6.61 Å². The summed E-state index contributed by atoms with van der Waals surface area (Å²) >= 11 is 5.82. The third-order valence-corrected chi connectivity index (χ3v) is 2.16. The van der Waals surface area contributed by atoms with E-state index in [1.165, 1.54) is 0 Å². The fourth-order valence-corrected chi connectivity index (χ4v) is 1.61. The number of hydrogen-bond acceptors (Lipinski definition) is 3. The van der Waals surface area contributed by atoms with Crippen LogP contribution in [0.3, 0.4) is 0 Å². The van der Waals surface area contributed by atoms with Crippen molar-refractivity contribution in [2.75, 3.05) is 0 Å². The zero-order valence-electron chi connectivity index (χ0n) is 7.12. The molecule has 1 N–H and O–H groups in total. The number of aliphatic hydroxyl groups excluding tert-OH is 1. The summed E-state index contributed by atoms with van der Waals surface area (Å²) in [5, 5.41) is 18.9. The third-order valence-electron chi connectivity index (χ3n) is 1.94. The van der Waals surface area contributed by atoms with Gasteiger partial charge in [0.25, 0.3) is 0 Å². The van der Waals surface area contributed by atoms with Crippen LogP contribution in [0.25, 0.3) is 11.0 Å². The molecule has 0 saturated carbocycles. The van der Waals surface area contributed by atoms with Crippen LogP contribution in [-0.2, 0) is 6.61 Å². The molecule has 0 saturated heterocycles. The van der Waals surface area contributed by atoms with Crippen molar-refractivity contribution in [1.29, 1.82) is 5.26 Å². The summed E-state index contributed by atoms with van der Waals surface area (Å²) in [4.78, 5) is 0. The van der Waals surface area contributed by atoms with Crippen LogP contribution in [-0.4, -0.2) is 5.11 Å². The van der Waals surface area contributed by atoms with Crippen LogP contribution >= 0.6 is 11.6 Å². The summed E-state index contributed by atoms with van der Waals surface area (Å²) in [6.45, 7) is -0.157. The molecule has 0 radical (unpaired) electrons. The van der Waals surface area contributed by atoms with Crippen LogP contribution in [0.4, 0.5) is 0 Å². The topological polar surface area (TPSA) is 57.2 Å². The summed E-state index contributed by atoms with van der Waals surface area (Å²) in [6.07, 6.45) is 0. The molecule has 0 bridgehead atoms. The molecule has 1 aromatic heterocycles. The first-order valence-corrected chi connectivity index (χ1v) is 4.35. The van der Waals surface area contributed by atoms with Crippen LogP contribution in [0, 0.1) is 11.3 Å². The number of hydrogen-bond donors (Lipinski definition) is 1. The summed E-state index contributed by atoms with van der Waals surface area (Å²) < 4.78 is 5.21. The Hall–Kier alpha value is -1.50. The lowest BCUT2D eigenvalue weighted by Crippen LogP contribution is -1.83. The van der Waals surface area contributed by atoms with Gasteiger partial charge in [-0.15, -0.1) is 0 Å². The molecular formula is C10H6ClNO2. The Morgan fingerprint density at radius 2 is 2.21 bits per heavy atom. The van der Waals surface area contributed by atoms with Gasteiger partial charge in [0.1, 0.15) is 11.7 Å². The van der Waals surface area contributed by atoms with E-state index in [2.05, 4.69) is 0 Å². The highest BCUT2D eigenvalue weighted by molar-refractivity contribution is 6.31. The summed E-state index contributed by atoms with van der Waals surface area (Å²) in [7, 11) is 0. The number of nitrogens with zero attached hydrogens (tertiary/aromatic N) is 1. The standard InChI is InChI=1S/C10H6ClNO2/c11-8-1-6-3-9(4-12)14-10(6)7(2-8)5-13/h1-3,13H,5H2. The van der Waals surface area contributed by atoms with E-state index in [1.807, 2.05) is 6.07 Å². The molecule has 70 valence electrons. The van der Waals surface area contributed by atoms with Crippen LogP contribution in [0.2, 0.25) is 5.02 Å². The molecule has 0 spiro atoms. The van der Waals surface area contributed by atoms with Gasteiger partial charge in [-0.3, -0.25) is 0 Å². The van der Waals surface area contributed by atoms with Crippen LogP contribution in [0.5, 0.6) is 0 Å². The fourth-order valence-electron chi connectivity index (χ4n) is 1.36. The van der Waals surface area contributed by atoms with E-state index >= 15 is 0 Å². The maximum Gasteiger partial charge on any atom is 0.204 e. The Morgan fingerprint density at radius 1 is 1.43 bits per heavy atom. The molecule has 0 aliphatic heterocycles. The first-order valence-electron chi connectivity index (χ1n) is 3.97. The Bertz CT molecular complexity index is 525. The first kappa shape index (κ1) is 9.07. The first-order chi connectivity index (χ1) is 6.74. The highest BCUT2D eigenvalue weighted by Gasteiger charge is 2.08. The van der Waals surface area contributed by atoms with E-state index in [9.17, 15) is 0 Å². The van der Waals surface area contributed by atoms with Gasteiger partial charge >= 0.3 is 0 Å². The Kier molecular flexibility index (Phi) is 2.16. The van der Waals surface area contributed by atoms with E-state index in [0.717, 1.165) is 5.39 Å². The van der Waals surface area contributed by atoms with Gasteiger partial charge in [-0.25, -0.2) is 0 Å². The highest BCUT2D eigenvalue weighted by Crippen LogP contribution is 2.26. The number of benzene rings is 1. The summed E-state index contributed by atoms with van der Waals surface area (Å²) in [6, 6.07) is 6.81. The average Bonchev–Trinajstić information content (AvgIpc) is 2.59. The lowest BCUT2D eigenvalue weighted by Gasteiger charge is -1.97. The van der Waals surface area contributed by atoms with Crippen molar-refractivity contribution in [3.63, 3.8) is 0 Å². The quantitative estimate of drug-likeness (QED) is 0.782. The Balaban J connectivity index is 2.79. The van der Waals surface area contributed by atoms with Gasteiger partial charge in [-0.05, 0) is 12.1 Å². The molecule has 0 unspecified atom stereocenters. The third kappa shape index (κ3) is 1.35. The minimum atomic E-state index is -0.157. The maximum atomic E-state index is 9.04. The second-order valence-corrected chi connectivity index (χ2v) is 3.30. The van der Waals surface area contributed by atoms with Crippen molar-refractivity contribution in [2.24, 2.45) is 0 Å². The fraction of sp³-hybridized carbons (Fsp3) is 0.100. The van der Waals surface area contributed by atoms with Gasteiger partial charge in [0, 0.05) is 22.0 Å². The number of halogens is 1. The van der Waals surface area contributed by atoms with Crippen molar-refractivity contribution in [1.82, 2.24) is 0 Å². The molecular weight excluding hydrogens is 202 g/mol. The number of nitriles is 1. The minimum absolute atomic E-state index is 0.157. The molecule has 0 aliphatic rings. The number of rotatable bonds is 1. The highest BCUT2D eigenvalue weighted by atomic mass is 35.5. The van der Waals surface area contributed by atoms with Crippen molar-refractivity contribution in [3.05, 3.63) is 34.5 Å². The molecule has 0 aliphatic carbocycles. The molecule has 0 amide bonds. The van der Waals surface area contributed by atoms with Gasteiger partial charge in [-0.1, -0.05) is 11.6 Å². The van der Waals surface area contributed by atoms with Crippen molar-refractivity contribution in [3.8, 4) is 6.07 Å². The van der Waals surface area contributed by atoms with E-state index in [1.54, 1.807) is 18.2 Å². The normalized spacial score (nSPS) is 10.4. The number of fused-ring (bicyclic) bond motifs is 1. The summed E-state index contributed by atoms with van der Waals surface area (Å²) in [5.74, 6) is 0.219. The van der Waals surface area contributed by atoms with Gasteiger partial charge in [0.05, 0.1) is 6.61 Å². The molecule has 14 heavy (non-hydrogen) atoms. The monoisotopic (exact) mass is 207 g/mol. The Morgan fingerprint density at radius 3 is 2.86 bits per heavy atom. The van der Waals surface area contributed by atoms with Gasteiger partial charge in [-0.2, -0.15) is 5.26 Å². The van der Waals surface area contributed by atoms with Crippen LogP contribution in [0.1, 0.15) is 11.3 Å². The van der Waals surface area contributed by atoms with E-state index in [4.69, 9.17) is 26.4 Å². The minimum Gasteiger partial charge on any atom is -0.445 e. The lowest BCUT2D eigenvalue weighted by molar-refractivity contribution is 0.281. The van der Waals surface area contributed by atoms with Crippen LogP contribution in [0.15, 0.2) is 22.6 Å². The molecule has 0 atom stereocenters. The molecule has 4 heteroatoms. The molecule has 2 aromatic rings. The predicted octanol–water partition coefficient (Wildman–Crippen LogP) is 2.45. The zero-order chi connectivity index (χ0) is 10.1. The average molecular weight is 208 g/mol. The smallest absolute Gasteiger partial charge is 0.204 e. The van der Waals surface area contributed by atoms with Gasteiger partial charge < -0.3 is 9.52 Å².